The van der Waals surface area contributed by atoms with Crippen molar-refractivity contribution in [3.05, 3.63) is 88.7 Å². The lowest BCUT2D eigenvalue weighted by Gasteiger charge is -2.32. The first kappa shape index (κ1) is 49.8. The fraction of sp³-hybridized carbons (Fsp3) is 0.449. The van der Waals surface area contributed by atoms with Crippen molar-refractivity contribution < 1.29 is 43.3 Å². The highest BCUT2D eigenvalue weighted by Crippen LogP contribution is 2.41. The molecule has 8 N–H and O–H groups in total. The lowest BCUT2D eigenvalue weighted by atomic mass is 9.88. The number of benzene rings is 3. The maximum absolute atomic E-state index is 14.7. The standard InChI is InChI=1S/C49H63N7O9/c1-6-7-8-21-63-36-13-10-33(11-14-36)46-53-30(3)44(31(4)54-46)40(57)28-35(17-18-50)48(60)56(5)45-34-12-16-43(65-23-20-52)38(27-34)37-25-32(9-15-42(37)64-22-19-51)26-39(49(61)62)55-47(59)29(2)24-41(45)58/h9-16,25,27,29,35,39,45H,6-8,17-24,26,28,50-52H2,1-5H3,(H,55,59)(H,61,62)/t29-,35-,39+,45+/m1/s1. The molecule has 0 aliphatic carbocycles. The Hall–Kier alpha value is -6.23. The van der Waals surface area contributed by atoms with E-state index in [4.69, 9.17) is 31.4 Å². The number of aryl methyl sites for hydroxylation is 2. The van der Waals surface area contributed by atoms with E-state index in [2.05, 4.69) is 22.2 Å². The summed E-state index contributed by atoms with van der Waals surface area (Å²) in [5, 5.41) is 12.7. The number of fused-ring (bicyclic) bond motifs is 5. The lowest BCUT2D eigenvalue weighted by molar-refractivity contribution is -0.144. The minimum atomic E-state index is -1.32. The summed E-state index contributed by atoms with van der Waals surface area (Å²) in [6.45, 7) is 8.56. The number of hydrogen-bond acceptors (Lipinski definition) is 13. The molecule has 0 unspecified atom stereocenters. The summed E-state index contributed by atoms with van der Waals surface area (Å²) in [7, 11) is 1.48. The van der Waals surface area contributed by atoms with Crippen LogP contribution >= 0.6 is 0 Å². The number of Topliss-reactive ketones (excluding diaryl/α,β-unsaturated/α-hetero) is 2. The van der Waals surface area contributed by atoms with E-state index in [-0.39, 0.29) is 64.3 Å². The largest absolute Gasteiger partial charge is 0.494 e. The van der Waals surface area contributed by atoms with Crippen LogP contribution in [0.2, 0.25) is 0 Å². The molecule has 0 fully saturated rings. The molecule has 16 nitrogen and oxygen atoms in total. The average Bonchev–Trinajstić information content (AvgIpc) is 3.28. The minimum Gasteiger partial charge on any atom is -0.494 e. The molecule has 2 amide bonds. The number of carboxylic acid groups (broad SMARTS) is 1. The highest BCUT2D eigenvalue weighted by molar-refractivity contribution is 6.01. The van der Waals surface area contributed by atoms with Gasteiger partial charge in [-0.05, 0) is 92.9 Å². The summed E-state index contributed by atoms with van der Waals surface area (Å²) in [5.74, 6) is -3.19. The van der Waals surface area contributed by atoms with Gasteiger partial charge in [0.25, 0.3) is 0 Å². The van der Waals surface area contributed by atoms with E-state index >= 15 is 0 Å². The number of aliphatic carboxylic acids is 1. The topological polar surface area (TPSA) is 252 Å². The number of amides is 2. The third kappa shape index (κ3) is 12.7. The number of likely N-dealkylation sites (N-methyl/N-ethyl adjacent to an activating group) is 1. The first-order valence-corrected chi connectivity index (χ1v) is 22.3. The van der Waals surface area contributed by atoms with Gasteiger partial charge in [0, 0.05) is 67.9 Å². The van der Waals surface area contributed by atoms with Gasteiger partial charge in [-0.2, -0.15) is 0 Å². The van der Waals surface area contributed by atoms with Gasteiger partial charge in [0.05, 0.1) is 23.6 Å². The average molecular weight is 894 g/mol. The molecule has 16 heteroatoms. The second-order valence-corrected chi connectivity index (χ2v) is 16.5. The second-order valence-electron chi connectivity index (χ2n) is 16.5. The maximum atomic E-state index is 14.7. The predicted molar refractivity (Wildman–Crippen MR) is 247 cm³/mol. The number of carbonyl (C=O) groups excluding carboxylic acids is 4. The van der Waals surface area contributed by atoms with Gasteiger partial charge in [-0.1, -0.05) is 38.8 Å². The van der Waals surface area contributed by atoms with E-state index < -0.39 is 47.5 Å². The van der Waals surface area contributed by atoms with Crippen molar-refractivity contribution in [3.8, 4) is 39.8 Å². The number of hydrogen-bond donors (Lipinski definition) is 5. The van der Waals surface area contributed by atoms with Crippen LogP contribution in [0.3, 0.4) is 0 Å². The quantitative estimate of drug-likeness (QED) is 0.0570. The summed E-state index contributed by atoms with van der Waals surface area (Å²) in [6, 6.07) is 15.1. The Balaban J connectivity index is 1.52. The Morgan fingerprint density at radius 2 is 1.46 bits per heavy atom. The molecule has 3 aromatic carbocycles. The predicted octanol–water partition coefficient (Wildman–Crippen LogP) is 5.13. The summed E-state index contributed by atoms with van der Waals surface area (Å²) < 4.78 is 18.0. The van der Waals surface area contributed by atoms with E-state index in [9.17, 15) is 29.1 Å². The number of nitrogens with zero attached hydrogens (tertiary/aromatic N) is 3. The van der Waals surface area contributed by atoms with Crippen molar-refractivity contribution in [1.29, 1.82) is 0 Å². The van der Waals surface area contributed by atoms with Crippen LogP contribution in [0, 0.1) is 25.7 Å². The van der Waals surface area contributed by atoms with Gasteiger partial charge in [-0.3, -0.25) is 19.2 Å². The molecule has 1 aromatic heterocycles. The Labute approximate surface area is 380 Å². The van der Waals surface area contributed by atoms with Crippen LogP contribution in [-0.4, -0.2) is 102 Å². The molecule has 1 aliphatic heterocycles. The monoisotopic (exact) mass is 893 g/mol. The van der Waals surface area contributed by atoms with Crippen LogP contribution in [0.15, 0.2) is 60.7 Å². The van der Waals surface area contributed by atoms with Crippen LogP contribution in [0.4, 0.5) is 0 Å². The van der Waals surface area contributed by atoms with Crippen molar-refractivity contribution in [2.75, 3.05) is 46.5 Å². The van der Waals surface area contributed by atoms with E-state index in [1.165, 1.54) is 18.9 Å². The van der Waals surface area contributed by atoms with E-state index in [1.54, 1.807) is 50.2 Å². The molecule has 2 heterocycles. The highest BCUT2D eigenvalue weighted by atomic mass is 16.5. The molecule has 348 valence electrons. The number of nitrogens with one attached hydrogen (secondary N) is 1. The Bertz CT molecular complexity index is 2300. The number of carboxylic acids is 1. The molecular weight excluding hydrogens is 831 g/mol. The Morgan fingerprint density at radius 1 is 0.831 bits per heavy atom. The smallest absolute Gasteiger partial charge is 0.326 e. The molecule has 5 rings (SSSR count). The number of ether oxygens (including phenoxy) is 3. The molecule has 4 bridgehead atoms. The van der Waals surface area contributed by atoms with Crippen LogP contribution < -0.4 is 36.7 Å². The normalized spacial score (nSPS) is 16.8. The Kier molecular flexibility index (Phi) is 18.1. The zero-order valence-corrected chi connectivity index (χ0v) is 38.1. The first-order valence-electron chi connectivity index (χ1n) is 22.3. The zero-order chi connectivity index (χ0) is 47.2. The van der Waals surface area contributed by atoms with Crippen LogP contribution in [0.5, 0.6) is 17.2 Å². The molecule has 0 saturated carbocycles. The van der Waals surface area contributed by atoms with Gasteiger partial charge in [0.2, 0.25) is 11.8 Å². The number of unbranched alkanes of at least 4 members (excludes halogenated alkanes) is 2. The molecule has 1 aliphatic rings. The van der Waals surface area contributed by atoms with Gasteiger partial charge in [-0.15, -0.1) is 0 Å². The summed E-state index contributed by atoms with van der Waals surface area (Å²) in [4.78, 5) is 80.2. The molecule has 0 radical (unpaired) electrons. The van der Waals surface area contributed by atoms with E-state index in [1.807, 2.05) is 24.3 Å². The van der Waals surface area contributed by atoms with Gasteiger partial charge < -0.3 is 46.7 Å². The van der Waals surface area contributed by atoms with Crippen LogP contribution in [0.25, 0.3) is 22.5 Å². The lowest BCUT2D eigenvalue weighted by Crippen LogP contribution is -2.45. The minimum absolute atomic E-state index is 0.0655. The second kappa shape index (κ2) is 23.6. The number of nitrogens with two attached hydrogens (primary N) is 3. The van der Waals surface area contributed by atoms with Gasteiger partial charge in [-0.25, -0.2) is 14.8 Å². The molecule has 0 spiro atoms. The summed E-state index contributed by atoms with van der Waals surface area (Å²) >= 11 is 0. The van der Waals surface area contributed by atoms with Crippen molar-refractivity contribution >= 4 is 29.4 Å². The number of carbonyl (C=O) groups is 5. The molecular formula is C49H63N7O9. The van der Waals surface area contributed by atoms with E-state index in [0.29, 0.717) is 63.1 Å². The van der Waals surface area contributed by atoms with Crippen LogP contribution in [0.1, 0.15) is 91.3 Å². The van der Waals surface area contributed by atoms with Gasteiger partial charge >= 0.3 is 5.97 Å². The van der Waals surface area contributed by atoms with Gasteiger partial charge in [0.1, 0.15) is 42.5 Å². The van der Waals surface area contributed by atoms with Crippen molar-refractivity contribution in [2.24, 2.45) is 29.0 Å². The molecule has 0 saturated heterocycles. The number of rotatable bonds is 20. The van der Waals surface area contributed by atoms with Crippen molar-refractivity contribution in [3.63, 3.8) is 0 Å². The molecule has 4 atom stereocenters. The number of aromatic nitrogens is 2. The highest BCUT2D eigenvalue weighted by Gasteiger charge is 2.36. The van der Waals surface area contributed by atoms with E-state index in [0.717, 1.165) is 30.6 Å². The van der Waals surface area contributed by atoms with Crippen molar-refractivity contribution in [2.45, 2.75) is 84.7 Å². The van der Waals surface area contributed by atoms with Crippen LogP contribution in [-0.2, 0) is 25.6 Å². The zero-order valence-electron chi connectivity index (χ0n) is 38.1. The third-order valence-corrected chi connectivity index (χ3v) is 11.4. The van der Waals surface area contributed by atoms with Gasteiger partial charge in [0.15, 0.2) is 17.4 Å². The number of ketones is 2. The fourth-order valence-corrected chi connectivity index (χ4v) is 8.06. The summed E-state index contributed by atoms with van der Waals surface area (Å²) in [6.07, 6.45) is 2.66. The Morgan fingerprint density at radius 3 is 2.06 bits per heavy atom. The fourth-order valence-electron chi connectivity index (χ4n) is 8.06. The molecule has 65 heavy (non-hydrogen) atoms. The molecule has 4 aromatic rings. The SMILES string of the molecule is CCCCCOc1ccc(-c2nc(C)c(C(=O)C[C@@H](CCN)C(=O)N(C)[C@@H]3C(=O)C[C@@H](C)C(=O)N[C@H](C(=O)O)Cc4ccc(OCCN)c(c4)-c4cc3ccc4OCCN)c(C)n2)cc1. The maximum Gasteiger partial charge on any atom is 0.326 e. The van der Waals surface area contributed by atoms with Crippen molar-refractivity contribution in [1.82, 2.24) is 20.2 Å². The summed E-state index contributed by atoms with van der Waals surface area (Å²) in [5.41, 5.74) is 21.6. The first-order chi connectivity index (χ1) is 31.2. The third-order valence-electron chi connectivity index (χ3n) is 11.4.